The average Bonchev–Trinajstić information content (AvgIpc) is 2.90. The summed E-state index contributed by atoms with van der Waals surface area (Å²) in [7, 11) is -4.49. The van der Waals surface area contributed by atoms with Crippen LogP contribution >= 0.6 is 0 Å². The molecule has 0 unspecified atom stereocenters. The summed E-state index contributed by atoms with van der Waals surface area (Å²) in [5, 5.41) is 1.55. The first-order valence-electron chi connectivity index (χ1n) is 16.0. The maximum Gasteiger partial charge on any atom is 1.00 e. The molecule has 0 saturated heterocycles. The molecule has 0 aliphatic rings. The summed E-state index contributed by atoms with van der Waals surface area (Å²) in [6.45, 7) is 4.53. The molecule has 0 aromatic heterocycles. The Kier molecular flexibility index (Phi) is 21.8. The van der Waals surface area contributed by atoms with E-state index in [1.54, 1.807) is 6.07 Å². The fourth-order valence-corrected chi connectivity index (χ4v) is 6.47. The molecule has 0 saturated carbocycles. The normalized spacial score (nSPS) is 11.7. The van der Waals surface area contributed by atoms with Crippen LogP contribution in [0.3, 0.4) is 0 Å². The summed E-state index contributed by atoms with van der Waals surface area (Å²) in [4.78, 5) is -0.0789. The quantitative estimate of drug-likeness (QED) is 0.0767. The first-order chi connectivity index (χ1) is 18.5. The van der Waals surface area contributed by atoms with Gasteiger partial charge in [0.1, 0.15) is 10.1 Å². The Bertz CT molecular complexity index is 1000. The number of hydrogen-bond acceptors (Lipinski definition) is 3. The summed E-state index contributed by atoms with van der Waals surface area (Å²) in [6, 6.07) is 9.16. The van der Waals surface area contributed by atoms with E-state index in [2.05, 4.69) is 19.9 Å². The van der Waals surface area contributed by atoms with E-state index in [1.165, 1.54) is 139 Å². The molecule has 216 valence electrons. The summed E-state index contributed by atoms with van der Waals surface area (Å²) in [5.74, 6) is 0. The number of rotatable bonds is 23. The van der Waals surface area contributed by atoms with Crippen molar-refractivity contribution in [1.29, 1.82) is 0 Å². The van der Waals surface area contributed by atoms with Gasteiger partial charge in [-0.05, 0) is 53.6 Å². The molecule has 3 nitrogen and oxygen atoms in total. The van der Waals surface area contributed by atoms with Crippen LogP contribution in [0.4, 0.5) is 0 Å². The number of benzene rings is 2. The Morgan fingerprint density at radius 2 is 0.974 bits per heavy atom. The van der Waals surface area contributed by atoms with Crippen molar-refractivity contribution in [2.75, 3.05) is 0 Å². The summed E-state index contributed by atoms with van der Waals surface area (Å²) in [6.07, 6.45) is 28.3. The van der Waals surface area contributed by atoms with Gasteiger partial charge in [-0.25, -0.2) is 8.42 Å². The zero-order valence-corrected chi connectivity index (χ0v) is 29.5. The van der Waals surface area contributed by atoms with E-state index < -0.39 is 10.1 Å². The van der Waals surface area contributed by atoms with E-state index in [4.69, 9.17) is 0 Å². The maximum atomic E-state index is 11.9. The molecule has 0 amide bonds. The molecule has 0 spiro atoms. The van der Waals surface area contributed by atoms with E-state index in [9.17, 15) is 13.0 Å². The third-order valence-electron chi connectivity index (χ3n) is 8.08. The van der Waals surface area contributed by atoms with Crippen molar-refractivity contribution < 1.29 is 64.4 Å². The van der Waals surface area contributed by atoms with Gasteiger partial charge in [-0.2, -0.15) is 0 Å². The molecule has 0 fully saturated rings. The van der Waals surface area contributed by atoms with Crippen LogP contribution in [0.15, 0.2) is 35.2 Å². The topological polar surface area (TPSA) is 57.2 Å². The van der Waals surface area contributed by atoms with Crippen LogP contribution in [0.2, 0.25) is 0 Å². The van der Waals surface area contributed by atoms with Crippen molar-refractivity contribution in [2.24, 2.45) is 0 Å². The SMILES string of the molecule is CCCCCCCCCCCCc1ccc2c(S(=O)(=O)[O-])cccc2c1CCCCCCCCCCCC.[K+]. The Morgan fingerprint density at radius 3 is 1.44 bits per heavy atom. The van der Waals surface area contributed by atoms with E-state index in [-0.39, 0.29) is 56.3 Å². The third kappa shape index (κ3) is 15.3. The van der Waals surface area contributed by atoms with Gasteiger partial charge in [0.2, 0.25) is 0 Å². The van der Waals surface area contributed by atoms with Crippen LogP contribution in [0.5, 0.6) is 0 Å². The van der Waals surface area contributed by atoms with Crippen molar-refractivity contribution in [1.82, 2.24) is 0 Å². The predicted octanol–water partition coefficient (Wildman–Crippen LogP) is 7.67. The third-order valence-corrected chi connectivity index (χ3v) is 8.97. The van der Waals surface area contributed by atoms with E-state index in [1.807, 2.05) is 12.1 Å². The molecule has 0 aliphatic heterocycles. The molecule has 5 heteroatoms. The first-order valence-corrected chi connectivity index (χ1v) is 17.4. The van der Waals surface area contributed by atoms with Crippen molar-refractivity contribution in [3.63, 3.8) is 0 Å². The molecule has 0 radical (unpaired) electrons. The summed E-state index contributed by atoms with van der Waals surface area (Å²) in [5.41, 5.74) is 2.61. The van der Waals surface area contributed by atoms with Gasteiger partial charge in [-0.1, -0.05) is 154 Å². The minimum atomic E-state index is -4.49. The van der Waals surface area contributed by atoms with Gasteiger partial charge >= 0.3 is 51.4 Å². The number of fused-ring (bicyclic) bond motifs is 1. The zero-order valence-electron chi connectivity index (χ0n) is 25.6. The monoisotopic (exact) mass is 582 g/mol. The van der Waals surface area contributed by atoms with E-state index >= 15 is 0 Å². The van der Waals surface area contributed by atoms with Gasteiger partial charge in [-0.3, -0.25) is 0 Å². The van der Waals surface area contributed by atoms with Crippen LogP contribution in [-0.2, 0) is 23.0 Å². The molecule has 2 aromatic carbocycles. The number of aryl methyl sites for hydroxylation is 2. The van der Waals surface area contributed by atoms with Crippen LogP contribution in [0.25, 0.3) is 10.8 Å². The van der Waals surface area contributed by atoms with Crippen LogP contribution in [-0.4, -0.2) is 13.0 Å². The summed E-state index contributed by atoms with van der Waals surface area (Å²) >= 11 is 0. The fraction of sp³-hybridized carbons (Fsp3) is 0.706. The van der Waals surface area contributed by atoms with Gasteiger partial charge in [0.05, 0.1) is 4.90 Å². The molecule has 39 heavy (non-hydrogen) atoms. The van der Waals surface area contributed by atoms with Crippen LogP contribution < -0.4 is 51.4 Å². The van der Waals surface area contributed by atoms with Crippen molar-refractivity contribution in [3.8, 4) is 0 Å². The van der Waals surface area contributed by atoms with Gasteiger partial charge in [0.25, 0.3) is 0 Å². The Hall–Kier alpha value is 0.246. The molecular weight excluding hydrogens is 528 g/mol. The molecule has 0 bridgehead atoms. The molecule has 0 heterocycles. The average molecular weight is 583 g/mol. The molecule has 0 aliphatic carbocycles. The minimum Gasteiger partial charge on any atom is -0.744 e. The molecule has 2 aromatic rings. The Labute approximate surface area is 283 Å². The Morgan fingerprint density at radius 1 is 0.538 bits per heavy atom. The second-order valence-corrected chi connectivity index (χ2v) is 12.7. The van der Waals surface area contributed by atoms with Gasteiger partial charge in [0.15, 0.2) is 0 Å². The zero-order chi connectivity index (χ0) is 27.5. The molecular formula is C34H55KO3S. The molecule has 0 atom stereocenters. The minimum absolute atomic E-state index is 0. The number of hydrogen-bond donors (Lipinski definition) is 0. The maximum absolute atomic E-state index is 11.9. The predicted molar refractivity (Wildman–Crippen MR) is 163 cm³/mol. The van der Waals surface area contributed by atoms with Crippen molar-refractivity contribution in [2.45, 2.75) is 160 Å². The van der Waals surface area contributed by atoms with Crippen molar-refractivity contribution in [3.05, 3.63) is 41.5 Å². The van der Waals surface area contributed by atoms with Gasteiger partial charge < -0.3 is 4.55 Å². The first kappa shape index (κ1) is 37.3. The summed E-state index contributed by atoms with van der Waals surface area (Å²) < 4.78 is 35.7. The van der Waals surface area contributed by atoms with Crippen LogP contribution in [0.1, 0.15) is 153 Å². The van der Waals surface area contributed by atoms with E-state index in [0.717, 1.165) is 24.6 Å². The second kappa shape index (κ2) is 22.8. The van der Waals surface area contributed by atoms with E-state index in [0.29, 0.717) is 5.39 Å². The molecule has 2 rings (SSSR count). The molecule has 0 N–H and O–H groups in total. The smallest absolute Gasteiger partial charge is 0.744 e. The van der Waals surface area contributed by atoms with Gasteiger partial charge in [-0.15, -0.1) is 0 Å². The fourth-order valence-electron chi connectivity index (χ4n) is 5.78. The standard InChI is InChI=1S/C34H56O3S.K/c1-3-5-7-9-11-13-15-17-19-21-24-30-28-29-33-32(26-23-27-34(33)38(35,36)37)31(30)25-22-20-18-16-14-12-10-8-6-4-2;/h23,26-29H,3-22,24-25H2,1-2H3,(H,35,36,37);/q;+1/p-1. The Balaban J connectivity index is 0.00000760. The second-order valence-electron chi connectivity index (χ2n) is 11.4. The van der Waals surface area contributed by atoms with Crippen LogP contribution in [0, 0.1) is 0 Å². The van der Waals surface area contributed by atoms with Crippen molar-refractivity contribution >= 4 is 20.9 Å². The van der Waals surface area contributed by atoms with Gasteiger partial charge in [0, 0.05) is 0 Å². The largest absolute Gasteiger partial charge is 1.00 e. The number of unbranched alkanes of at least 4 members (excludes halogenated alkanes) is 18.